The van der Waals surface area contributed by atoms with Gasteiger partial charge in [0.2, 0.25) is 0 Å². The maximum atomic E-state index is 13.0. The van der Waals surface area contributed by atoms with Crippen molar-refractivity contribution in [1.29, 1.82) is 0 Å². The van der Waals surface area contributed by atoms with Crippen LogP contribution in [0, 0.1) is 0 Å². The molecule has 0 spiro atoms. The van der Waals surface area contributed by atoms with Gasteiger partial charge in [-0.15, -0.1) is 0 Å². The minimum Gasteiger partial charge on any atom is -0.444 e. The number of anilines is 1. The topological polar surface area (TPSA) is 79.2 Å². The van der Waals surface area contributed by atoms with E-state index in [0.29, 0.717) is 42.4 Å². The number of rotatable bonds is 5. The highest BCUT2D eigenvalue weighted by molar-refractivity contribution is 6.30. The Bertz CT molecular complexity index is 1210. The van der Waals surface area contributed by atoms with Crippen molar-refractivity contribution >= 4 is 34.9 Å². The van der Waals surface area contributed by atoms with Crippen LogP contribution in [-0.2, 0) is 17.7 Å². The number of fused-ring (bicyclic) bond motifs is 1. The number of piperazine rings is 1. The zero-order valence-corrected chi connectivity index (χ0v) is 21.4. The van der Waals surface area contributed by atoms with Crippen LogP contribution in [0.15, 0.2) is 42.6 Å². The van der Waals surface area contributed by atoms with Crippen LogP contribution in [0.3, 0.4) is 0 Å². The highest BCUT2D eigenvalue weighted by Gasteiger charge is 2.26. The Morgan fingerprint density at radius 2 is 1.74 bits per heavy atom. The second-order valence-corrected chi connectivity index (χ2v) is 10.1. The molecule has 1 N–H and O–H groups in total. The van der Waals surface area contributed by atoms with Crippen LogP contribution in [0.1, 0.15) is 49.4 Å². The van der Waals surface area contributed by atoms with E-state index >= 15 is 0 Å². The Morgan fingerprint density at radius 3 is 2.37 bits per heavy atom. The van der Waals surface area contributed by atoms with Crippen LogP contribution in [-0.4, -0.2) is 58.1 Å². The zero-order chi connectivity index (χ0) is 25.2. The fourth-order valence-corrected chi connectivity index (χ4v) is 4.28. The lowest BCUT2D eigenvalue weighted by Crippen LogP contribution is -2.50. The summed E-state index contributed by atoms with van der Waals surface area (Å²) in [6, 6.07) is 11.7. The van der Waals surface area contributed by atoms with Crippen LogP contribution in [0.5, 0.6) is 0 Å². The number of pyridine rings is 1. The molecule has 4 rings (SSSR count). The largest absolute Gasteiger partial charge is 0.444 e. The van der Waals surface area contributed by atoms with Crippen molar-refractivity contribution in [3.63, 3.8) is 0 Å². The maximum absolute atomic E-state index is 13.0. The summed E-state index contributed by atoms with van der Waals surface area (Å²) in [5, 5.41) is 3.56. The molecule has 3 heterocycles. The Labute approximate surface area is 210 Å². The van der Waals surface area contributed by atoms with E-state index in [9.17, 15) is 9.59 Å². The van der Waals surface area contributed by atoms with E-state index in [1.54, 1.807) is 21.6 Å². The van der Waals surface area contributed by atoms with Gasteiger partial charge in [0, 0.05) is 44.6 Å². The molecule has 186 valence electrons. The van der Waals surface area contributed by atoms with Crippen molar-refractivity contribution in [2.75, 3.05) is 31.1 Å². The number of ether oxygens (including phenoxy) is 1. The van der Waals surface area contributed by atoms with E-state index in [1.807, 2.05) is 45.9 Å². The van der Waals surface area contributed by atoms with Crippen molar-refractivity contribution in [3.8, 4) is 0 Å². The summed E-state index contributed by atoms with van der Waals surface area (Å²) in [7, 11) is 0. The van der Waals surface area contributed by atoms with E-state index in [2.05, 4.69) is 27.3 Å². The molecule has 1 saturated heterocycles. The Balaban J connectivity index is 1.34. The normalized spacial score (nSPS) is 14.3. The summed E-state index contributed by atoms with van der Waals surface area (Å²) in [4.78, 5) is 33.8. The van der Waals surface area contributed by atoms with Crippen LogP contribution in [0.25, 0.3) is 5.65 Å². The van der Waals surface area contributed by atoms with Gasteiger partial charge in [-0.25, -0.2) is 9.78 Å². The van der Waals surface area contributed by atoms with Crippen LogP contribution < -0.4 is 10.2 Å². The van der Waals surface area contributed by atoms with Crippen LogP contribution >= 0.6 is 11.6 Å². The maximum Gasteiger partial charge on any atom is 0.410 e. The first kappa shape index (κ1) is 24.9. The van der Waals surface area contributed by atoms with Crippen LogP contribution in [0.2, 0.25) is 5.02 Å². The number of halogens is 1. The Hall–Kier alpha value is -3.26. The van der Waals surface area contributed by atoms with Gasteiger partial charge in [0.15, 0.2) is 0 Å². The molecule has 3 aromatic rings. The second-order valence-electron chi connectivity index (χ2n) is 9.64. The van der Waals surface area contributed by atoms with Gasteiger partial charge in [-0.3, -0.25) is 9.20 Å². The van der Waals surface area contributed by atoms with Gasteiger partial charge in [-0.2, -0.15) is 0 Å². The average molecular weight is 498 g/mol. The Kier molecular flexibility index (Phi) is 7.21. The van der Waals surface area contributed by atoms with Crippen molar-refractivity contribution in [1.82, 2.24) is 19.6 Å². The van der Waals surface area contributed by atoms with Crippen molar-refractivity contribution in [2.24, 2.45) is 0 Å². The first-order valence-electron chi connectivity index (χ1n) is 11.9. The molecule has 0 unspecified atom stereocenters. The molecule has 1 aliphatic heterocycles. The van der Waals surface area contributed by atoms with Gasteiger partial charge in [-0.05, 0) is 57.0 Å². The van der Waals surface area contributed by atoms with Gasteiger partial charge in [-0.1, -0.05) is 30.7 Å². The quantitative estimate of drug-likeness (QED) is 0.560. The molecule has 0 bridgehead atoms. The van der Waals surface area contributed by atoms with Gasteiger partial charge in [0.25, 0.3) is 5.91 Å². The number of aryl methyl sites for hydroxylation is 1. The molecule has 35 heavy (non-hydrogen) atoms. The highest BCUT2D eigenvalue weighted by Crippen LogP contribution is 2.20. The SMILES string of the molecule is CCc1nc2ccc(Cl)cn2c1C(=O)NCc1ccc(N2CCN(C(=O)OC(C)(C)C)CC2)cc1. The molecular formula is C26H32ClN5O3. The molecular weight excluding hydrogens is 466 g/mol. The number of amides is 2. The molecule has 9 heteroatoms. The van der Waals surface area contributed by atoms with Crippen molar-refractivity contribution < 1.29 is 14.3 Å². The summed E-state index contributed by atoms with van der Waals surface area (Å²) in [6.45, 7) is 10.7. The minimum atomic E-state index is -0.490. The number of aromatic nitrogens is 2. The molecule has 2 amide bonds. The van der Waals surface area contributed by atoms with Crippen molar-refractivity contribution in [3.05, 3.63) is 64.6 Å². The zero-order valence-electron chi connectivity index (χ0n) is 20.7. The van der Waals surface area contributed by atoms with Crippen molar-refractivity contribution in [2.45, 2.75) is 46.3 Å². The smallest absolute Gasteiger partial charge is 0.410 e. The summed E-state index contributed by atoms with van der Waals surface area (Å²) in [6.07, 6.45) is 2.11. The lowest BCUT2D eigenvalue weighted by molar-refractivity contribution is 0.0240. The van der Waals surface area contributed by atoms with Gasteiger partial charge >= 0.3 is 6.09 Å². The average Bonchev–Trinajstić information content (AvgIpc) is 3.19. The lowest BCUT2D eigenvalue weighted by atomic mass is 10.1. The fourth-order valence-electron chi connectivity index (χ4n) is 4.12. The fraction of sp³-hybridized carbons (Fsp3) is 0.423. The summed E-state index contributed by atoms with van der Waals surface area (Å²) >= 11 is 6.14. The molecule has 1 aromatic carbocycles. The molecule has 1 aliphatic rings. The number of hydrogen-bond donors (Lipinski definition) is 1. The third kappa shape index (κ3) is 5.88. The minimum absolute atomic E-state index is 0.182. The Morgan fingerprint density at radius 1 is 1.06 bits per heavy atom. The number of benzene rings is 1. The standard InChI is InChI=1S/C26H32ClN5O3/c1-5-21-23(32-17-19(27)8-11-22(32)29-21)24(33)28-16-18-6-9-20(10-7-18)30-12-14-31(15-13-30)25(34)35-26(2,3)4/h6-11,17H,5,12-16H2,1-4H3,(H,28,33). The van der Waals surface area contributed by atoms with Gasteiger partial charge in [0.05, 0.1) is 10.7 Å². The highest BCUT2D eigenvalue weighted by atomic mass is 35.5. The molecule has 2 aromatic heterocycles. The molecule has 0 saturated carbocycles. The number of carbonyl (C=O) groups excluding carboxylic acids is 2. The third-order valence-corrected chi connectivity index (χ3v) is 6.11. The first-order valence-corrected chi connectivity index (χ1v) is 12.3. The van der Waals surface area contributed by atoms with E-state index in [-0.39, 0.29) is 12.0 Å². The lowest BCUT2D eigenvalue weighted by Gasteiger charge is -2.36. The monoisotopic (exact) mass is 497 g/mol. The second kappa shape index (κ2) is 10.2. The van der Waals surface area contributed by atoms with E-state index < -0.39 is 5.60 Å². The number of hydrogen-bond acceptors (Lipinski definition) is 5. The van der Waals surface area contributed by atoms with E-state index in [4.69, 9.17) is 16.3 Å². The predicted octanol–water partition coefficient (Wildman–Crippen LogP) is 4.54. The number of nitrogens with zero attached hydrogens (tertiary/aromatic N) is 4. The molecule has 0 atom stereocenters. The number of imidazole rings is 1. The summed E-state index contributed by atoms with van der Waals surface area (Å²) < 4.78 is 7.22. The number of carbonyl (C=O) groups is 2. The molecule has 0 aliphatic carbocycles. The van der Waals surface area contributed by atoms with E-state index in [1.165, 1.54) is 0 Å². The third-order valence-electron chi connectivity index (χ3n) is 5.89. The molecule has 8 nitrogen and oxygen atoms in total. The molecule has 0 radical (unpaired) electrons. The van der Waals surface area contributed by atoms with Gasteiger partial charge in [0.1, 0.15) is 16.9 Å². The number of nitrogens with one attached hydrogen (secondary N) is 1. The molecule has 1 fully saturated rings. The van der Waals surface area contributed by atoms with Gasteiger partial charge < -0.3 is 19.9 Å². The summed E-state index contributed by atoms with van der Waals surface area (Å²) in [5.74, 6) is -0.182. The van der Waals surface area contributed by atoms with Crippen LogP contribution in [0.4, 0.5) is 10.5 Å². The first-order chi connectivity index (χ1) is 16.6. The predicted molar refractivity (Wildman–Crippen MR) is 137 cm³/mol. The summed E-state index contributed by atoms with van der Waals surface area (Å²) in [5.41, 5.74) is 3.56. The van der Waals surface area contributed by atoms with E-state index in [0.717, 1.165) is 30.0 Å².